The second-order valence-corrected chi connectivity index (χ2v) is 9.26. The molecule has 0 bridgehead atoms. The number of ether oxygens (including phenoxy) is 2. The van der Waals surface area contributed by atoms with Crippen LogP contribution in [0.2, 0.25) is 0 Å². The first-order valence-electron chi connectivity index (χ1n) is 4.56. The number of amides is 1. The van der Waals surface area contributed by atoms with Crippen molar-refractivity contribution in [3.63, 3.8) is 0 Å². The summed E-state index contributed by atoms with van der Waals surface area (Å²) < 4.78 is 10.4. The van der Waals surface area contributed by atoms with Gasteiger partial charge in [0, 0.05) is 7.05 Å². The zero-order valence-corrected chi connectivity index (χ0v) is 11.3. The molecule has 1 fully saturated rings. The predicted molar refractivity (Wildman–Crippen MR) is 64.5 cm³/mol. The molecule has 94 valence electrons. The number of carbonyl (C=O) groups excluding carboxylic acids is 1. The van der Waals surface area contributed by atoms with E-state index in [-0.39, 0.29) is 18.0 Å². The zero-order valence-electron chi connectivity index (χ0n) is 8.74. The predicted octanol–water partition coefficient (Wildman–Crippen LogP) is -0.240. The van der Waals surface area contributed by atoms with Gasteiger partial charge in [-0.1, -0.05) is 11.4 Å². The van der Waals surface area contributed by atoms with Crippen LogP contribution < -0.4 is 0 Å². The van der Waals surface area contributed by atoms with Gasteiger partial charge in [-0.15, -0.1) is 0 Å². The second-order valence-electron chi connectivity index (χ2n) is 3.21. The first-order valence-corrected chi connectivity index (χ1v) is 8.85. The van der Waals surface area contributed by atoms with Gasteiger partial charge in [0.2, 0.25) is 11.6 Å². The number of hydrogen-bond acceptors (Lipinski definition) is 5. The third kappa shape index (κ3) is 5.58. The van der Waals surface area contributed by atoms with Crippen LogP contribution in [0.3, 0.4) is 0 Å². The summed E-state index contributed by atoms with van der Waals surface area (Å²) in [5.74, 6) is -0.283. The van der Waals surface area contributed by atoms with E-state index in [0.717, 1.165) is 0 Å². The monoisotopic (exact) mass is 287 g/mol. The highest BCUT2D eigenvalue weighted by Crippen LogP contribution is 2.50. The van der Waals surface area contributed by atoms with Crippen LogP contribution in [0.25, 0.3) is 0 Å². The van der Waals surface area contributed by atoms with Crippen LogP contribution in [0, 0.1) is 0 Å². The van der Waals surface area contributed by atoms with Crippen LogP contribution in [-0.2, 0) is 26.1 Å². The second kappa shape index (κ2) is 6.30. The maximum Gasteiger partial charge on any atom is 0.242 e. The molecule has 0 aromatic rings. The molecule has 1 rings (SSSR count). The quantitative estimate of drug-likeness (QED) is 0.676. The van der Waals surface area contributed by atoms with Crippen molar-refractivity contribution in [2.45, 2.75) is 6.29 Å². The van der Waals surface area contributed by atoms with E-state index in [0.29, 0.717) is 31.1 Å². The van der Waals surface area contributed by atoms with Crippen molar-refractivity contribution in [1.82, 2.24) is 4.90 Å². The summed E-state index contributed by atoms with van der Waals surface area (Å²) in [6.45, 7) is 1.41. The molecular formula is C7H14NO5PS2. The fraction of sp³-hybridized carbons (Fsp3) is 0.857. The lowest BCUT2D eigenvalue weighted by Gasteiger charge is -2.20. The lowest BCUT2D eigenvalue weighted by molar-refractivity contribution is -0.132. The molecule has 0 spiro atoms. The average molecular weight is 287 g/mol. The molecule has 9 heteroatoms. The van der Waals surface area contributed by atoms with Crippen molar-refractivity contribution in [3.8, 4) is 0 Å². The molecular weight excluding hydrogens is 273 g/mol. The average Bonchev–Trinajstić information content (AvgIpc) is 2.65. The molecule has 0 aliphatic carbocycles. The highest BCUT2D eigenvalue weighted by Gasteiger charge is 2.21. The van der Waals surface area contributed by atoms with E-state index < -0.39 is 5.69 Å². The van der Waals surface area contributed by atoms with Gasteiger partial charge in [0.25, 0.3) is 0 Å². The summed E-state index contributed by atoms with van der Waals surface area (Å²) in [6.07, 6.45) is -0.384. The molecule has 0 radical (unpaired) electrons. The van der Waals surface area contributed by atoms with Gasteiger partial charge in [0.05, 0.1) is 25.5 Å². The number of likely N-dealkylation sites (N-methyl/N-ethyl adjacent to an activating group) is 1. The van der Waals surface area contributed by atoms with Crippen LogP contribution in [0.5, 0.6) is 0 Å². The smallest absolute Gasteiger partial charge is 0.242 e. The summed E-state index contributed by atoms with van der Waals surface area (Å²) >= 11 is 5.09. The molecule has 0 unspecified atom stereocenters. The molecule has 1 amide bonds. The fourth-order valence-corrected chi connectivity index (χ4v) is 2.90. The summed E-state index contributed by atoms with van der Waals surface area (Å²) in [6, 6.07) is 0. The van der Waals surface area contributed by atoms with Gasteiger partial charge in [-0.25, -0.2) is 0 Å². The minimum atomic E-state index is -3.36. The van der Waals surface area contributed by atoms with Crippen LogP contribution in [0.4, 0.5) is 0 Å². The van der Waals surface area contributed by atoms with E-state index in [1.165, 1.54) is 4.90 Å². The van der Waals surface area contributed by atoms with Crippen molar-refractivity contribution < 1.29 is 24.1 Å². The number of nitrogens with zero attached hydrogens (tertiary/aromatic N) is 1. The summed E-state index contributed by atoms with van der Waals surface area (Å²) in [4.78, 5) is 30.9. The maximum atomic E-state index is 11.5. The Morgan fingerprint density at radius 3 is 2.62 bits per heavy atom. The lowest BCUT2D eigenvalue weighted by atomic mass is 10.5. The molecule has 6 nitrogen and oxygen atoms in total. The minimum absolute atomic E-state index is 0.0481. The normalized spacial score (nSPS) is 17.7. The molecule has 16 heavy (non-hydrogen) atoms. The van der Waals surface area contributed by atoms with Crippen LogP contribution in [0.15, 0.2) is 0 Å². The van der Waals surface area contributed by atoms with Gasteiger partial charge >= 0.3 is 0 Å². The molecule has 1 saturated heterocycles. The molecule has 0 aromatic carbocycles. The van der Waals surface area contributed by atoms with E-state index in [1.54, 1.807) is 7.05 Å². The van der Waals surface area contributed by atoms with Gasteiger partial charge in [-0.2, -0.15) is 0 Å². The molecule has 2 N–H and O–H groups in total. The third-order valence-corrected chi connectivity index (χ3v) is 4.95. The Morgan fingerprint density at radius 1 is 1.56 bits per heavy atom. The van der Waals surface area contributed by atoms with Crippen LogP contribution in [0.1, 0.15) is 0 Å². The van der Waals surface area contributed by atoms with E-state index in [4.69, 9.17) is 19.3 Å². The minimum Gasteiger partial charge on any atom is -0.348 e. The van der Waals surface area contributed by atoms with Gasteiger partial charge in [0.1, 0.15) is 0 Å². The largest absolute Gasteiger partial charge is 0.348 e. The maximum absolute atomic E-state index is 11.5. The molecule has 1 aliphatic rings. The summed E-state index contributed by atoms with van der Waals surface area (Å²) in [5.41, 5.74) is -3.36. The van der Waals surface area contributed by atoms with Gasteiger partial charge in [-0.3, -0.25) is 4.79 Å². The van der Waals surface area contributed by atoms with E-state index in [1.807, 2.05) is 0 Å². The molecule has 1 aliphatic heterocycles. The Hall–Kier alpha value is 0.310. The number of hydrogen-bond donors (Lipinski definition) is 2. The lowest BCUT2D eigenvalue weighted by Crippen LogP contribution is -2.35. The molecule has 0 aromatic heterocycles. The Labute approximate surface area is 103 Å². The first kappa shape index (κ1) is 14.4. The van der Waals surface area contributed by atoms with Crippen molar-refractivity contribution in [1.29, 1.82) is 0 Å². The van der Waals surface area contributed by atoms with E-state index >= 15 is 0 Å². The van der Waals surface area contributed by atoms with Crippen molar-refractivity contribution >= 4 is 34.8 Å². The number of rotatable bonds is 5. The molecule has 0 saturated carbocycles. The summed E-state index contributed by atoms with van der Waals surface area (Å²) in [5, 5.41) is 0. The zero-order chi connectivity index (χ0) is 12.2. The first-order chi connectivity index (χ1) is 7.38. The summed E-state index contributed by atoms with van der Waals surface area (Å²) in [7, 11) is 1.60. The van der Waals surface area contributed by atoms with Gasteiger partial charge in [0.15, 0.2) is 6.29 Å². The Bertz CT molecular complexity index is 291. The van der Waals surface area contributed by atoms with Crippen molar-refractivity contribution in [3.05, 3.63) is 0 Å². The van der Waals surface area contributed by atoms with Crippen molar-refractivity contribution in [2.24, 2.45) is 0 Å². The Kier molecular flexibility index (Phi) is 5.66. The van der Waals surface area contributed by atoms with Crippen LogP contribution >= 0.6 is 17.1 Å². The SMILES string of the molecule is CN(CC1OCCO1)C(=O)CSP(O)(O)=S. The van der Waals surface area contributed by atoms with Gasteiger partial charge < -0.3 is 24.2 Å². The third-order valence-electron chi connectivity index (χ3n) is 1.90. The highest BCUT2D eigenvalue weighted by atomic mass is 32.9. The Morgan fingerprint density at radius 2 is 2.12 bits per heavy atom. The van der Waals surface area contributed by atoms with Gasteiger partial charge in [-0.05, 0) is 11.8 Å². The van der Waals surface area contributed by atoms with E-state index in [2.05, 4.69) is 11.8 Å². The van der Waals surface area contributed by atoms with E-state index in [9.17, 15) is 4.79 Å². The standard InChI is InChI=1S/C7H14NO5PS2/c1-8(4-7-12-2-3-13-7)6(9)5-16-14(10,11)15/h7H,2-5H2,1H3,(H2,10,11,15). The topological polar surface area (TPSA) is 79.2 Å². The Balaban J connectivity index is 2.27. The molecule has 1 heterocycles. The highest BCUT2D eigenvalue weighted by molar-refractivity contribution is 8.67. The van der Waals surface area contributed by atoms with Crippen molar-refractivity contribution in [2.75, 3.05) is 32.6 Å². The number of carbonyl (C=O) groups is 1. The fourth-order valence-electron chi connectivity index (χ4n) is 1.09. The van der Waals surface area contributed by atoms with Crippen LogP contribution in [-0.4, -0.2) is 59.4 Å². The molecule has 0 atom stereocenters.